The minimum Gasteiger partial charge on any atom is -0.383 e. The molecule has 0 fully saturated rings. The molecule has 1 aromatic rings. The van der Waals surface area contributed by atoms with E-state index in [2.05, 4.69) is 0 Å². The van der Waals surface area contributed by atoms with Gasteiger partial charge in [-0.05, 0) is 12.1 Å². The predicted molar refractivity (Wildman–Crippen MR) is 62.7 cm³/mol. The number of anilines is 1. The van der Waals surface area contributed by atoms with Gasteiger partial charge in [-0.25, -0.2) is 12.8 Å². The largest absolute Gasteiger partial charge is 0.383 e. The molecule has 1 unspecified atom stereocenters. The van der Waals surface area contributed by atoms with Crippen LogP contribution >= 0.6 is 0 Å². The third-order valence-corrected chi connectivity index (χ3v) is 3.87. The number of sulfone groups is 1. The van der Waals surface area contributed by atoms with E-state index >= 15 is 0 Å². The summed E-state index contributed by atoms with van der Waals surface area (Å²) in [6.07, 6.45) is 1.10. The second-order valence-corrected chi connectivity index (χ2v) is 6.04. The molecule has 0 radical (unpaired) electrons. The summed E-state index contributed by atoms with van der Waals surface area (Å²) >= 11 is 0. The van der Waals surface area contributed by atoms with E-state index in [1.807, 2.05) is 0 Å². The molecule has 0 spiro atoms. The smallest absolute Gasteiger partial charge is 0.176 e. The van der Waals surface area contributed by atoms with Crippen LogP contribution in [0.25, 0.3) is 0 Å². The van der Waals surface area contributed by atoms with E-state index in [4.69, 9.17) is 0 Å². The minimum atomic E-state index is -3.49. The van der Waals surface area contributed by atoms with Gasteiger partial charge in [-0.3, -0.25) is 0 Å². The highest BCUT2D eigenvalue weighted by Gasteiger charge is 2.30. The number of fused-ring (bicyclic) bond motifs is 1. The van der Waals surface area contributed by atoms with Crippen LogP contribution in [0.15, 0.2) is 29.3 Å². The summed E-state index contributed by atoms with van der Waals surface area (Å²) in [7, 11) is -1.88. The molecule has 2 rings (SSSR count). The standard InChI is InChI=1S/C11H12FNO3S/c1-13-6-10(17(2,15)16)11(14)8-4-3-7(12)5-9(8)13/h3-6,11,14H,1-2H3. The molecule has 17 heavy (non-hydrogen) atoms. The zero-order valence-corrected chi connectivity index (χ0v) is 10.2. The first-order valence-corrected chi connectivity index (χ1v) is 6.82. The Morgan fingerprint density at radius 2 is 2.06 bits per heavy atom. The van der Waals surface area contributed by atoms with Gasteiger partial charge >= 0.3 is 0 Å². The number of aliphatic hydroxyl groups excluding tert-OH is 1. The van der Waals surface area contributed by atoms with E-state index in [-0.39, 0.29) is 4.91 Å². The molecular formula is C11H12FNO3S. The molecule has 1 aromatic carbocycles. The normalized spacial score (nSPS) is 19.9. The quantitative estimate of drug-likeness (QED) is 0.821. The van der Waals surface area contributed by atoms with Gasteiger partial charge in [-0.1, -0.05) is 6.07 Å². The van der Waals surface area contributed by atoms with E-state index < -0.39 is 21.8 Å². The van der Waals surface area contributed by atoms with Gasteiger partial charge in [0.25, 0.3) is 0 Å². The van der Waals surface area contributed by atoms with Gasteiger partial charge in [0, 0.05) is 30.8 Å². The highest BCUT2D eigenvalue weighted by molar-refractivity contribution is 7.94. The van der Waals surface area contributed by atoms with Crippen LogP contribution in [-0.2, 0) is 9.84 Å². The molecule has 0 saturated carbocycles. The van der Waals surface area contributed by atoms with Crippen LogP contribution in [0.4, 0.5) is 10.1 Å². The van der Waals surface area contributed by atoms with Gasteiger partial charge in [-0.15, -0.1) is 0 Å². The number of benzene rings is 1. The highest BCUT2D eigenvalue weighted by Crippen LogP contribution is 2.37. The van der Waals surface area contributed by atoms with Gasteiger partial charge in [0.2, 0.25) is 0 Å². The zero-order valence-electron chi connectivity index (χ0n) is 9.38. The van der Waals surface area contributed by atoms with Gasteiger partial charge in [0.1, 0.15) is 11.9 Å². The molecule has 1 heterocycles. The highest BCUT2D eigenvalue weighted by atomic mass is 32.2. The predicted octanol–water partition coefficient (Wildman–Crippen LogP) is 1.19. The van der Waals surface area contributed by atoms with Crippen molar-refractivity contribution < 1.29 is 17.9 Å². The van der Waals surface area contributed by atoms with Crippen molar-refractivity contribution >= 4 is 15.5 Å². The van der Waals surface area contributed by atoms with E-state index in [9.17, 15) is 17.9 Å². The number of nitrogens with zero attached hydrogens (tertiary/aromatic N) is 1. The van der Waals surface area contributed by atoms with Crippen molar-refractivity contribution in [3.63, 3.8) is 0 Å². The van der Waals surface area contributed by atoms with E-state index in [0.717, 1.165) is 6.26 Å². The average Bonchev–Trinajstić information content (AvgIpc) is 2.21. The fourth-order valence-corrected chi connectivity index (χ4v) is 2.72. The van der Waals surface area contributed by atoms with E-state index in [1.54, 1.807) is 7.05 Å². The van der Waals surface area contributed by atoms with Crippen LogP contribution in [0.1, 0.15) is 11.7 Å². The molecule has 1 aliphatic heterocycles. The van der Waals surface area contributed by atoms with Crippen LogP contribution < -0.4 is 4.90 Å². The van der Waals surface area contributed by atoms with Crippen LogP contribution in [0.3, 0.4) is 0 Å². The first kappa shape index (κ1) is 12.1. The Hall–Kier alpha value is -1.40. The number of rotatable bonds is 1. The third-order valence-electron chi connectivity index (χ3n) is 2.69. The van der Waals surface area contributed by atoms with Crippen molar-refractivity contribution in [2.24, 2.45) is 0 Å². The van der Waals surface area contributed by atoms with Crippen LogP contribution in [0.5, 0.6) is 0 Å². The fourth-order valence-electron chi connectivity index (χ4n) is 1.84. The number of hydrogen-bond donors (Lipinski definition) is 1. The van der Waals surface area contributed by atoms with Crippen molar-refractivity contribution in [1.82, 2.24) is 0 Å². The molecule has 1 N–H and O–H groups in total. The second kappa shape index (κ2) is 3.82. The summed E-state index contributed by atoms with van der Waals surface area (Å²) in [5.74, 6) is -0.431. The lowest BCUT2D eigenvalue weighted by molar-refractivity contribution is 0.221. The van der Waals surface area contributed by atoms with Gasteiger partial charge in [0.15, 0.2) is 9.84 Å². The molecule has 1 aliphatic rings. The Morgan fingerprint density at radius 1 is 1.41 bits per heavy atom. The Kier molecular flexibility index (Phi) is 2.71. The Bertz CT molecular complexity index is 595. The van der Waals surface area contributed by atoms with Crippen molar-refractivity contribution in [2.75, 3.05) is 18.2 Å². The summed E-state index contributed by atoms with van der Waals surface area (Å²) in [4.78, 5) is 1.40. The molecular weight excluding hydrogens is 245 g/mol. The molecule has 0 bridgehead atoms. The van der Waals surface area contributed by atoms with Gasteiger partial charge in [0.05, 0.1) is 4.91 Å². The van der Waals surface area contributed by atoms with Crippen LogP contribution in [0.2, 0.25) is 0 Å². The summed E-state index contributed by atoms with van der Waals surface area (Å²) < 4.78 is 36.1. The van der Waals surface area contributed by atoms with Crippen molar-refractivity contribution in [3.8, 4) is 0 Å². The Labute approximate surface area is 98.9 Å². The number of halogens is 1. The first-order chi connectivity index (χ1) is 7.80. The molecule has 0 amide bonds. The zero-order chi connectivity index (χ0) is 12.8. The Morgan fingerprint density at radius 3 is 2.65 bits per heavy atom. The maximum absolute atomic E-state index is 13.1. The summed E-state index contributed by atoms with van der Waals surface area (Å²) in [5, 5.41) is 9.97. The molecule has 0 aromatic heterocycles. The van der Waals surface area contributed by atoms with Crippen LogP contribution in [0, 0.1) is 5.82 Å². The molecule has 1 atom stereocenters. The van der Waals surface area contributed by atoms with Crippen molar-refractivity contribution in [3.05, 3.63) is 40.7 Å². The van der Waals surface area contributed by atoms with Crippen molar-refractivity contribution in [2.45, 2.75) is 6.10 Å². The SMILES string of the molecule is CN1C=C(S(C)(=O)=O)C(O)c2ccc(F)cc21. The molecule has 6 heteroatoms. The lowest BCUT2D eigenvalue weighted by Crippen LogP contribution is -2.24. The monoisotopic (exact) mass is 257 g/mol. The molecule has 92 valence electrons. The maximum Gasteiger partial charge on any atom is 0.176 e. The summed E-state index contributed by atoms with van der Waals surface area (Å²) in [6.45, 7) is 0. The second-order valence-electron chi connectivity index (χ2n) is 4.02. The van der Waals surface area contributed by atoms with Crippen molar-refractivity contribution in [1.29, 1.82) is 0 Å². The topological polar surface area (TPSA) is 57.6 Å². The van der Waals surface area contributed by atoms with E-state index in [1.165, 1.54) is 29.3 Å². The number of hydrogen-bond acceptors (Lipinski definition) is 4. The average molecular weight is 257 g/mol. The van der Waals surface area contributed by atoms with Gasteiger partial charge < -0.3 is 10.0 Å². The first-order valence-electron chi connectivity index (χ1n) is 4.93. The third kappa shape index (κ3) is 2.05. The van der Waals surface area contributed by atoms with Crippen LogP contribution in [-0.4, -0.2) is 26.8 Å². The molecule has 4 nitrogen and oxygen atoms in total. The molecule has 0 saturated heterocycles. The lowest BCUT2D eigenvalue weighted by atomic mass is 10.0. The molecule has 0 aliphatic carbocycles. The number of aliphatic hydroxyl groups is 1. The summed E-state index contributed by atoms with van der Waals surface area (Å²) in [5.41, 5.74) is 0.849. The maximum atomic E-state index is 13.1. The lowest BCUT2D eigenvalue weighted by Gasteiger charge is -2.28. The fraction of sp³-hybridized carbons (Fsp3) is 0.273. The minimum absolute atomic E-state index is 0.0842. The Balaban J connectivity index is 2.61. The summed E-state index contributed by atoms with van der Waals surface area (Å²) in [6, 6.07) is 3.85. The van der Waals surface area contributed by atoms with E-state index in [0.29, 0.717) is 11.3 Å². The van der Waals surface area contributed by atoms with Gasteiger partial charge in [-0.2, -0.15) is 0 Å².